The van der Waals surface area contributed by atoms with E-state index in [0.717, 1.165) is 0 Å². The monoisotopic (exact) mass is 227 g/mol. The van der Waals surface area contributed by atoms with E-state index < -0.39 is 28.6 Å². The Morgan fingerprint density at radius 2 is 2.14 bits per heavy atom. The molecule has 0 spiro atoms. The van der Waals surface area contributed by atoms with Gasteiger partial charge in [0.25, 0.3) is 0 Å². The Hall–Kier alpha value is -0.700. The van der Waals surface area contributed by atoms with Gasteiger partial charge < -0.3 is 14.9 Å². The van der Waals surface area contributed by atoms with Crippen LogP contribution in [0, 0.1) is 0 Å². The van der Waals surface area contributed by atoms with Gasteiger partial charge in [0, 0.05) is 7.11 Å². The van der Waals surface area contributed by atoms with Gasteiger partial charge in [0.1, 0.15) is 6.04 Å². The molecule has 0 saturated heterocycles. The minimum absolute atomic E-state index is 0.0346. The van der Waals surface area contributed by atoms with Gasteiger partial charge >= 0.3 is 5.97 Å². The second-order valence-electron chi connectivity index (χ2n) is 2.50. The van der Waals surface area contributed by atoms with Crippen LogP contribution in [0.2, 0.25) is 0 Å². The van der Waals surface area contributed by atoms with Gasteiger partial charge in [0.2, 0.25) is 10.0 Å². The maximum absolute atomic E-state index is 11.1. The lowest BCUT2D eigenvalue weighted by atomic mass is 10.3. The smallest absolute Gasteiger partial charge is 0.324 e. The molecule has 1 unspecified atom stereocenters. The van der Waals surface area contributed by atoms with E-state index in [1.165, 1.54) is 7.11 Å². The molecule has 0 fully saturated rings. The van der Waals surface area contributed by atoms with Crippen molar-refractivity contribution in [2.45, 2.75) is 6.04 Å². The standard InChI is InChI=1S/C6H13NO6S/c1-13-2-3-14(11,12)7-5(4-8)6(9)10/h5,7-8H,2-4H2,1H3,(H,9,10). The van der Waals surface area contributed by atoms with Crippen LogP contribution in [0.25, 0.3) is 0 Å². The van der Waals surface area contributed by atoms with Crippen LogP contribution >= 0.6 is 0 Å². The first kappa shape index (κ1) is 13.3. The zero-order valence-electron chi connectivity index (χ0n) is 7.63. The summed E-state index contributed by atoms with van der Waals surface area (Å²) >= 11 is 0. The summed E-state index contributed by atoms with van der Waals surface area (Å²) in [6.45, 7) is -0.825. The fraction of sp³-hybridized carbons (Fsp3) is 0.833. The number of hydrogen-bond acceptors (Lipinski definition) is 5. The second-order valence-corrected chi connectivity index (χ2v) is 4.38. The van der Waals surface area contributed by atoms with Crippen LogP contribution in [0.4, 0.5) is 0 Å². The van der Waals surface area contributed by atoms with Crippen molar-refractivity contribution in [2.75, 3.05) is 26.1 Å². The molecule has 1 atom stereocenters. The lowest BCUT2D eigenvalue weighted by molar-refractivity contribution is -0.139. The first-order valence-corrected chi connectivity index (χ1v) is 5.40. The molecule has 3 N–H and O–H groups in total. The molecule has 0 aromatic carbocycles. The van der Waals surface area contributed by atoms with Crippen molar-refractivity contribution < 1.29 is 28.2 Å². The van der Waals surface area contributed by atoms with E-state index >= 15 is 0 Å². The molecule has 8 heteroatoms. The number of aliphatic carboxylic acids is 1. The molecule has 0 amide bonds. The predicted octanol–water partition coefficient (Wildman–Crippen LogP) is -2.00. The van der Waals surface area contributed by atoms with Gasteiger partial charge in [0.15, 0.2) is 0 Å². The largest absolute Gasteiger partial charge is 0.480 e. The summed E-state index contributed by atoms with van der Waals surface area (Å²) in [7, 11) is -2.39. The minimum atomic E-state index is -3.72. The molecule has 0 radical (unpaired) electrons. The number of aliphatic hydroxyl groups excluding tert-OH is 1. The lowest BCUT2D eigenvalue weighted by Crippen LogP contribution is -2.44. The summed E-state index contributed by atoms with van der Waals surface area (Å²) in [6, 6.07) is -1.50. The van der Waals surface area contributed by atoms with Crippen molar-refractivity contribution in [3.8, 4) is 0 Å². The lowest BCUT2D eigenvalue weighted by Gasteiger charge is -2.11. The van der Waals surface area contributed by atoms with Crippen LogP contribution in [0.15, 0.2) is 0 Å². The average molecular weight is 227 g/mol. The molecule has 0 heterocycles. The number of carboxylic acid groups (broad SMARTS) is 1. The van der Waals surface area contributed by atoms with Crippen LogP contribution in [-0.2, 0) is 19.6 Å². The van der Waals surface area contributed by atoms with Crippen LogP contribution in [-0.4, -0.2) is 56.7 Å². The zero-order valence-corrected chi connectivity index (χ0v) is 8.45. The van der Waals surface area contributed by atoms with E-state index in [0.29, 0.717) is 0 Å². The van der Waals surface area contributed by atoms with Crippen molar-refractivity contribution in [3.63, 3.8) is 0 Å². The highest BCUT2D eigenvalue weighted by molar-refractivity contribution is 7.89. The molecule has 0 aliphatic carbocycles. The van der Waals surface area contributed by atoms with Crippen molar-refractivity contribution >= 4 is 16.0 Å². The Kier molecular flexibility index (Phi) is 5.62. The molecule has 0 saturated carbocycles. The highest BCUT2D eigenvalue weighted by Gasteiger charge is 2.22. The third-order valence-corrected chi connectivity index (χ3v) is 2.71. The second kappa shape index (κ2) is 5.91. The van der Waals surface area contributed by atoms with E-state index in [1.807, 2.05) is 4.72 Å². The van der Waals surface area contributed by atoms with Crippen molar-refractivity contribution in [2.24, 2.45) is 0 Å². The number of carboxylic acids is 1. The Morgan fingerprint density at radius 3 is 2.50 bits per heavy atom. The Bertz CT molecular complexity index is 274. The number of nitrogens with one attached hydrogen (secondary N) is 1. The molecular weight excluding hydrogens is 214 g/mol. The molecule has 0 aromatic heterocycles. The van der Waals surface area contributed by atoms with Gasteiger partial charge in [-0.05, 0) is 0 Å². The van der Waals surface area contributed by atoms with Gasteiger partial charge in [-0.25, -0.2) is 8.42 Å². The summed E-state index contributed by atoms with van der Waals surface area (Å²) in [5.74, 6) is -1.76. The van der Waals surface area contributed by atoms with E-state index in [9.17, 15) is 13.2 Å². The Morgan fingerprint density at radius 1 is 1.57 bits per heavy atom. The van der Waals surface area contributed by atoms with Crippen molar-refractivity contribution in [3.05, 3.63) is 0 Å². The fourth-order valence-corrected chi connectivity index (χ4v) is 1.75. The summed E-state index contributed by atoms with van der Waals surface area (Å²) in [5.41, 5.74) is 0. The third-order valence-electron chi connectivity index (χ3n) is 1.36. The Balaban J connectivity index is 4.26. The summed E-state index contributed by atoms with van der Waals surface area (Å²) in [6.07, 6.45) is 0. The molecule has 0 aromatic rings. The van der Waals surface area contributed by atoms with Crippen LogP contribution in [0.5, 0.6) is 0 Å². The van der Waals surface area contributed by atoms with Crippen molar-refractivity contribution in [1.82, 2.24) is 4.72 Å². The summed E-state index contributed by atoms with van der Waals surface area (Å²) in [4.78, 5) is 10.4. The first-order valence-electron chi connectivity index (χ1n) is 3.75. The van der Waals surface area contributed by atoms with E-state index in [2.05, 4.69) is 4.74 Å². The fourth-order valence-electron chi connectivity index (χ4n) is 0.634. The van der Waals surface area contributed by atoms with Crippen LogP contribution < -0.4 is 4.72 Å². The number of methoxy groups -OCH3 is 1. The van der Waals surface area contributed by atoms with Gasteiger partial charge in [-0.1, -0.05) is 0 Å². The highest BCUT2D eigenvalue weighted by Crippen LogP contribution is 1.90. The number of rotatable bonds is 7. The van der Waals surface area contributed by atoms with Crippen LogP contribution in [0.1, 0.15) is 0 Å². The zero-order chi connectivity index (χ0) is 11.2. The van der Waals surface area contributed by atoms with E-state index in [-0.39, 0.29) is 12.4 Å². The summed E-state index contributed by atoms with van der Waals surface area (Å²) in [5, 5.41) is 17.0. The Labute approximate surface area is 81.7 Å². The van der Waals surface area contributed by atoms with Gasteiger partial charge in [-0.15, -0.1) is 0 Å². The normalized spacial score (nSPS) is 13.9. The molecule has 0 bridgehead atoms. The maximum atomic E-state index is 11.1. The van der Waals surface area contributed by atoms with Crippen LogP contribution in [0.3, 0.4) is 0 Å². The molecule has 0 rings (SSSR count). The molecule has 84 valence electrons. The molecule has 0 aliphatic rings. The quantitative estimate of drug-likeness (QED) is 0.463. The van der Waals surface area contributed by atoms with E-state index in [4.69, 9.17) is 10.2 Å². The average Bonchev–Trinajstić information content (AvgIpc) is 2.10. The third kappa shape index (κ3) is 5.12. The SMILES string of the molecule is COCCS(=O)(=O)NC(CO)C(=O)O. The van der Waals surface area contributed by atoms with Gasteiger partial charge in [-0.3, -0.25) is 4.79 Å². The van der Waals surface area contributed by atoms with Gasteiger partial charge in [0.05, 0.1) is 19.0 Å². The molecular formula is C6H13NO6S. The highest BCUT2D eigenvalue weighted by atomic mass is 32.2. The number of aliphatic hydroxyl groups is 1. The summed E-state index contributed by atoms with van der Waals surface area (Å²) < 4.78 is 28.5. The van der Waals surface area contributed by atoms with Gasteiger partial charge in [-0.2, -0.15) is 4.72 Å². The maximum Gasteiger partial charge on any atom is 0.324 e. The molecule has 14 heavy (non-hydrogen) atoms. The molecule has 0 aliphatic heterocycles. The van der Waals surface area contributed by atoms with Crippen molar-refractivity contribution in [1.29, 1.82) is 0 Å². The first-order chi connectivity index (χ1) is 6.43. The predicted molar refractivity (Wildman–Crippen MR) is 47.3 cm³/mol. The number of sulfonamides is 1. The number of ether oxygens (including phenoxy) is 1. The van der Waals surface area contributed by atoms with E-state index in [1.54, 1.807) is 0 Å². The molecule has 7 nitrogen and oxygen atoms in total. The number of carbonyl (C=O) groups is 1. The topological polar surface area (TPSA) is 113 Å². The minimum Gasteiger partial charge on any atom is -0.480 e. The number of hydrogen-bond donors (Lipinski definition) is 3.